The second-order valence-corrected chi connectivity index (χ2v) is 4.33. The first-order valence-corrected chi connectivity index (χ1v) is 5.27. The van der Waals surface area contributed by atoms with Crippen LogP contribution in [0.3, 0.4) is 0 Å². The van der Waals surface area contributed by atoms with Crippen LogP contribution < -0.4 is 0 Å². The van der Waals surface area contributed by atoms with Crippen molar-refractivity contribution in [2.75, 3.05) is 0 Å². The second-order valence-electron chi connectivity index (χ2n) is 2.94. The van der Waals surface area contributed by atoms with Crippen molar-refractivity contribution < 1.29 is 21.8 Å². The Kier molecular flexibility index (Phi) is 2.02. The number of nitrogens with one attached hydrogen (secondary N) is 1. The Balaban J connectivity index is 2.87. The normalized spacial score (nSPS) is 12.2. The fourth-order valence-corrected chi connectivity index (χ4v) is 1.96. The molecule has 4 nitrogen and oxygen atoms in total. The number of halogens is 2. The summed E-state index contributed by atoms with van der Waals surface area (Å²) in [4.78, 5) is 1.94. The maximum atomic E-state index is 12.8. The van der Waals surface area contributed by atoms with E-state index in [-0.39, 0.29) is 10.9 Å². The summed E-state index contributed by atoms with van der Waals surface area (Å²) in [5.74, 6) is -2.27. The van der Waals surface area contributed by atoms with Gasteiger partial charge < -0.3 is 4.98 Å². The molecule has 2 aromatic rings. The zero-order chi connectivity index (χ0) is 11.2. The molecule has 0 saturated carbocycles. The Hall–Kier alpha value is -1.47. The standard InChI is InChI=1S/C8H5F2NO3S/c9-5-1-4-7(2-6(5)10)11-3-8(4)15(12,13)14/h1-3,11H,(H,12,13,14). The van der Waals surface area contributed by atoms with Gasteiger partial charge in [0.25, 0.3) is 10.1 Å². The molecule has 0 saturated heterocycles. The van der Waals surface area contributed by atoms with Gasteiger partial charge in [0.05, 0.1) is 0 Å². The molecule has 0 aliphatic heterocycles. The number of benzene rings is 1. The van der Waals surface area contributed by atoms with Gasteiger partial charge in [-0.15, -0.1) is 0 Å². The van der Waals surface area contributed by atoms with Gasteiger partial charge in [-0.05, 0) is 6.07 Å². The fourth-order valence-electron chi connectivity index (χ4n) is 1.30. The number of hydrogen-bond acceptors (Lipinski definition) is 2. The van der Waals surface area contributed by atoms with Crippen LogP contribution in [0.2, 0.25) is 0 Å². The average molecular weight is 233 g/mol. The fraction of sp³-hybridized carbons (Fsp3) is 0. The summed E-state index contributed by atoms with van der Waals surface area (Å²) in [5.41, 5.74) is 0.0986. The monoisotopic (exact) mass is 233 g/mol. The minimum Gasteiger partial charge on any atom is -0.360 e. The number of aromatic amines is 1. The molecular weight excluding hydrogens is 228 g/mol. The Morgan fingerprint density at radius 2 is 1.80 bits per heavy atom. The molecular formula is C8H5F2NO3S. The van der Waals surface area contributed by atoms with Crippen LogP contribution in [0.4, 0.5) is 8.78 Å². The van der Waals surface area contributed by atoms with Crippen molar-refractivity contribution in [1.29, 1.82) is 0 Å². The van der Waals surface area contributed by atoms with E-state index in [1.807, 2.05) is 0 Å². The molecule has 0 fully saturated rings. The van der Waals surface area contributed by atoms with Gasteiger partial charge in [0.2, 0.25) is 0 Å². The van der Waals surface area contributed by atoms with E-state index in [2.05, 4.69) is 4.98 Å². The molecule has 0 unspecified atom stereocenters. The highest BCUT2D eigenvalue weighted by Crippen LogP contribution is 2.24. The Bertz CT molecular complexity index is 633. The van der Waals surface area contributed by atoms with Crippen molar-refractivity contribution >= 4 is 21.0 Å². The van der Waals surface area contributed by atoms with Crippen LogP contribution in [0.25, 0.3) is 10.9 Å². The summed E-state index contributed by atoms with van der Waals surface area (Å²) in [7, 11) is -4.44. The molecule has 0 radical (unpaired) electrons. The minimum absolute atomic E-state index is 0.0867. The summed E-state index contributed by atoms with van der Waals surface area (Å²) in [6.07, 6.45) is 0.971. The van der Waals surface area contributed by atoms with Gasteiger partial charge in [0, 0.05) is 23.2 Å². The Labute approximate surface area is 83.3 Å². The van der Waals surface area contributed by atoms with Crippen molar-refractivity contribution in [3.63, 3.8) is 0 Å². The van der Waals surface area contributed by atoms with Gasteiger partial charge in [0.15, 0.2) is 11.6 Å². The molecule has 0 amide bonds. The van der Waals surface area contributed by atoms with Crippen LogP contribution >= 0.6 is 0 Å². The molecule has 1 heterocycles. The highest BCUT2D eigenvalue weighted by atomic mass is 32.2. The molecule has 2 N–H and O–H groups in total. The lowest BCUT2D eigenvalue weighted by Crippen LogP contribution is -1.96. The predicted molar refractivity (Wildman–Crippen MR) is 48.0 cm³/mol. The predicted octanol–water partition coefficient (Wildman–Crippen LogP) is 1.69. The summed E-state index contributed by atoms with van der Waals surface area (Å²) < 4.78 is 56.0. The van der Waals surface area contributed by atoms with Gasteiger partial charge in [-0.25, -0.2) is 8.78 Å². The topological polar surface area (TPSA) is 70.2 Å². The van der Waals surface area contributed by atoms with Gasteiger partial charge in [0.1, 0.15) is 4.90 Å². The average Bonchev–Trinajstić information content (AvgIpc) is 2.47. The molecule has 0 spiro atoms. The number of H-pyrrole nitrogens is 1. The van der Waals surface area contributed by atoms with E-state index in [1.54, 1.807) is 0 Å². The van der Waals surface area contributed by atoms with E-state index in [0.29, 0.717) is 6.07 Å². The summed E-state index contributed by atoms with van der Waals surface area (Å²) >= 11 is 0. The summed E-state index contributed by atoms with van der Waals surface area (Å²) in [5, 5.41) is -0.0867. The summed E-state index contributed by atoms with van der Waals surface area (Å²) in [6.45, 7) is 0. The van der Waals surface area contributed by atoms with E-state index >= 15 is 0 Å². The largest absolute Gasteiger partial charge is 0.360 e. The molecule has 0 aliphatic carbocycles. The second kappa shape index (κ2) is 3.01. The molecule has 0 aliphatic rings. The van der Waals surface area contributed by atoms with Crippen LogP contribution in [-0.2, 0) is 10.1 Å². The van der Waals surface area contributed by atoms with Gasteiger partial charge in [-0.1, -0.05) is 0 Å². The quantitative estimate of drug-likeness (QED) is 0.736. The summed E-state index contributed by atoms with van der Waals surface area (Å²) in [6, 6.07) is 1.53. The van der Waals surface area contributed by atoms with Crippen LogP contribution in [-0.4, -0.2) is 18.0 Å². The third kappa shape index (κ3) is 1.59. The Morgan fingerprint density at radius 1 is 1.20 bits per heavy atom. The van der Waals surface area contributed by atoms with Crippen LogP contribution in [0.5, 0.6) is 0 Å². The number of rotatable bonds is 1. The van der Waals surface area contributed by atoms with Crippen LogP contribution in [0, 0.1) is 11.6 Å². The minimum atomic E-state index is -4.44. The van der Waals surface area contributed by atoms with E-state index < -0.39 is 26.6 Å². The third-order valence-corrected chi connectivity index (χ3v) is 2.86. The van der Waals surface area contributed by atoms with Crippen molar-refractivity contribution in [3.8, 4) is 0 Å². The van der Waals surface area contributed by atoms with Gasteiger partial charge in [-0.2, -0.15) is 8.42 Å². The first-order valence-electron chi connectivity index (χ1n) is 3.83. The van der Waals surface area contributed by atoms with Gasteiger partial charge in [-0.3, -0.25) is 4.55 Å². The first kappa shape index (κ1) is 10.1. The van der Waals surface area contributed by atoms with E-state index in [0.717, 1.165) is 12.3 Å². The molecule has 0 bridgehead atoms. The van der Waals surface area contributed by atoms with E-state index in [9.17, 15) is 17.2 Å². The molecule has 80 valence electrons. The lowest BCUT2D eigenvalue weighted by molar-refractivity contribution is 0.484. The molecule has 7 heteroatoms. The molecule has 0 atom stereocenters. The number of fused-ring (bicyclic) bond motifs is 1. The van der Waals surface area contributed by atoms with Crippen LogP contribution in [0.15, 0.2) is 23.2 Å². The number of aromatic nitrogens is 1. The Morgan fingerprint density at radius 3 is 2.40 bits per heavy atom. The maximum absolute atomic E-state index is 12.8. The highest BCUT2D eigenvalue weighted by molar-refractivity contribution is 7.86. The zero-order valence-corrected chi connectivity index (χ0v) is 7.98. The molecule has 15 heavy (non-hydrogen) atoms. The zero-order valence-electron chi connectivity index (χ0n) is 7.16. The smallest absolute Gasteiger partial charge is 0.296 e. The van der Waals surface area contributed by atoms with Crippen LogP contribution in [0.1, 0.15) is 0 Å². The van der Waals surface area contributed by atoms with E-state index in [4.69, 9.17) is 4.55 Å². The van der Waals surface area contributed by atoms with Crippen molar-refractivity contribution in [3.05, 3.63) is 30.0 Å². The molecule has 1 aromatic heterocycles. The van der Waals surface area contributed by atoms with Crippen molar-refractivity contribution in [1.82, 2.24) is 4.98 Å². The van der Waals surface area contributed by atoms with E-state index in [1.165, 1.54) is 0 Å². The van der Waals surface area contributed by atoms with Crippen molar-refractivity contribution in [2.24, 2.45) is 0 Å². The van der Waals surface area contributed by atoms with Crippen molar-refractivity contribution in [2.45, 2.75) is 4.90 Å². The maximum Gasteiger partial charge on any atom is 0.296 e. The highest BCUT2D eigenvalue weighted by Gasteiger charge is 2.17. The third-order valence-electron chi connectivity index (χ3n) is 1.96. The molecule has 2 rings (SSSR count). The SMILES string of the molecule is O=S(=O)(O)c1c[nH]c2cc(F)c(F)cc12. The number of hydrogen-bond donors (Lipinski definition) is 2. The first-order chi connectivity index (χ1) is 6.89. The van der Waals surface area contributed by atoms with Gasteiger partial charge >= 0.3 is 0 Å². The lowest BCUT2D eigenvalue weighted by Gasteiger charge is -1.95. The molecule has 1 aromatic carbocycles. The lowest BCUT2D eigenvalue weighted by atomic mass is 10.2.